The Bertz CT molecular complexity index is 134. The van der Waals surface area contributed by atoms with Crippen LogP contribution in [-0.2, 0) is 0 Å². The summed E-state index contributed by atoms with van der Waals surface area (Å²) in [5.74, 6) is -2.37. The predicted molar refractivity (Wildman–Crippen MR) is 34.1 cm³/mol. The fraction of sp³-hybridized carbons (Fsp3) is 1.00. The molecule has 1 N–H and O–H groups in total. The minimum Gasteiger partial charge on any atom is -0.308 e. The van der Waals surface area contributed by atoms with Gasteiger partial charge in [-0.15, -0.1) is 0 Å². The zero-order chi connectivity index (χ0) is 7.24. The van der Waals surface area contributed by atoms with E-state index < -0.39 is 5.92 Å². The summed E-state index contributed by atoms with van der Waals surface area (Å²) in [6.07, 6.45) is 1.50. The van der Waals surface area contributed by atoms with E-state index in [0.29, 0.717) is 12.8 Å². The van der Waals surface area contributed by atoms with Crippen LogP contribution in [0, 0.1) is 0 Å². The van der Waals surface area contributed by atoms with Gasteiger partial charge in [0.25, 0.3) is 0 Å². The van der Waals surface area contributed by atoms with Gasteiger partial charge in [0, 0.05) is 24.9 Å². The van der Waals surface area contributed by atoms with Crippen LogP contribution in [0.15, 0.2) is 0 Å². The lowest BCUT2D eigenvalue weighted by molar-refractivity contribution is -0.0408. The van der Waals surface area contributed by atoms with Crippen LogP contribution in [0.25, 0.3) is 0 Å². The quantitative estimate of drug-likeness (QED) is 0.516. The van der Waals surface area contributed by atoms with Gasteiger partial charge in [-0.25, -0.2) is 8.78 Å². The van der Waals surface area contributed by atoms with Gasteiger partial charge in [-0.1, -0.05) is 0 Å². The highest BCUT2D eigenvalue weighted by molar-refractivity contribution is 5.07. The molecular formula is C7H11F2N. The van der Waals surface area contributed by atoms with Crippen molar-refractivity contribution >= 4 is 0 Å². The van der Waals surface area contributed by atoms with Crippen molar-refractivity contribution in [3.05, 3.63) is 0 Å². The summed E-state index contributed by atoms with van der Waals surface area (Å²) in [6.45, 7) is 0.961. The van der Waals surface area contributed by atoms with Crippen LogP contribution in [0.5, 0.6) is 0 Å². The predicted octanol–water partition coefficient (Wildman–Crippen LogP) is 1.54. The van der Waals surface area contributed by atoms with Gasteiger partial charge < -0.3 is 5.32 Å². The maximum atomic E-state index is 12.5. The van der Waals surface area contributed by atoms with Crippen molar-refractivity contribution in [2.24, 2.45) is 0 Å². The molecule has 1 saturated heterocycles. The standard InChI is InChI=1S/C7H11F2N/c8-7(9)3-1-6(2-4-7)5-10-6/h10H,1-5H2. The van der Waals surface area contributed by atoms with Crippen LogP contribution < -0.4 is 5.32 Å². The number of alkyl halides is 2. The van der Waals surface area contributed by atoms with E-state index in [1.807, 2.05) is 0 Å². The van der Waals surface area contributed by atoms with Crippen LogP contribution in [-0.4, -0.2) is 18.0 Å². The Morgan fingerprint density at radius 1 is 1.00 bits per heavy atom. The summed E-state index contributed by atoms with van der Waals surface area (Å²) in [7, 11) is 0. The van der Waals surface area contributed by atoms with Crippen LogP contribution in [0.4, 0.5) is 8.78 Å². The van der Waals surface area contributed by atoms with Crippen LogP contribution in [0.1, 0.15) is 25.7 Å². The van der Waals surface area contributed by atoms with E-state index in [9.17, 15) is 8.78 Å². The number of halogens is 2. The largest absolute Gasteiger partial charge is 0.308 e. The summed E-state index contributed by atoms with van der Waals surface area (Å²) < 4.78 is 25.1. The number of hydrogen-bond donors (Lipinski definition) is 1. The molecule has 1 heterocycles. The molecule has 0 aromatic carbocycles. The third-order valence-corrected chi connectivity index (χ3v) is 2.62. The van der Waals surface area contributed by atoms with E-state index in [2.05, 4.69) is 5.32 Å². The molecule has 0 atom stereocenters. The van der Waals surface area contributed by atoms with Gasteiger partial charge in [-0.05, 0) is 12.8 Å². The summed E-state index contributed by atoms with van der Waals surface area (Å²) in [6, 6.07) is 0. The summed E-state index contributed by atoms with van der Waals surface area (Å²) in [5, 5.41) is 3.15. The van der Waals surface area contributed by atoms with E-state index in [1.54, 1.807) is 0 Å². The van der Waals surface area contributed by atoms with Crippen molar-refractivity contribution in [1.82, 2.24) is 5.32 Å². The van der Waals surface area contributed by atoms with Crippen LogP contribution in [0.2, 0.25) is 0 Å². The highest BCUT2D eigenvalue weighted by Gasteiger charge is 2.49. The topological polar surface area (TPSA) is 21.9 Å². The molecule has 1 aliphatic heterocycles. The van der Waals surface area contributed by atoms with Gasteiger partial charge in [-0.2, -0.15) is 0 Å². The maximum Gasteiger partial charge on any atom is 0.248 e. The van der Waals surface area contributed by atoms with E-state index in [4.69, 9.17) is 0 Å². The zero-order valence-corrected chi connectivity index (χ0v) is 5.79. The Kier molecular flexibility index (Phi) is 1.11. The molecule has 58 valence electrons. The first kappa shape index (κ1) is 6.53. The lowest BCUT2D eigenvalue weighted by atomic mass is 9.86. The van der Waals surface area contributed by atoms with Crippen molar-refractivity contribution < 1.29 is 8.78 Å². The second-order valence-electron chi connectivity index (χ2n) is 3.49. The minimum atomic E-state index is -2.37. The lowest BCUT2D eigenvalue weighted by Gasteiger charge is -2.26. The van der Waals surface area contributed by atoms with Crippen molar-refractivity contribution in [3.8, 4) is 0 Å². The van der Waals surface area contributed by atoms with Gasteiger partial charge in [0.1, 0.15) is 0 Å². The van der Waals surface area contributed by atoms with Gasteiger partial charge in [0.05, 0.1) is 0 Å². The highest BCUT2D eigenvalue weighted by Crippen LogP contribution is 2.42. The van der Waals surface area contributed by atoms with E-state index in [0.717, 1.165) is 6.54 Å². The third-order valence-electron chi connectivity index (χ3n) is 2.62. The van der Waals surface area contributed by atoms with Crippen molar-refractivity contribution in [3.63, 3.8) is 0 Å². The maximum absolute atomic E-state index is 12.5. The number of nitrogens with one attached hydrogen (secondary N) is 1. The molecule has 0 amide bonds. The van der Waals surface area contributed by atoms with Crippen LogP contribution >= 0.6 is 0 Å². The molecule has 3 heteroatoms. The van der Waals surface area contributed by atoms with Crippen molar-refractivity contribution in [2.45, 2.75) is 37.1 Å². The fourth-order valence-corrected chi connectivity index (χ4v) is 1.57. The molecule has 2 fully saturated rings. The Balaban J connectivity index is 1.95. The molecule has 10 heavy (non-hydrogen) atoms. The fourth-order valence-electron chi connectivity index (χ4n) is 1.57. The normalized spacial score (nSPS) is 34.2. The van der Waals surface area contributed by atoms with Gasteiger partial charge >= 0.3 is 0 Å². The van der Waals surface area contributed by atoms with Crippen LogP contribution in [0.3, 0.4) is 0 Å². The smallest absolute Gasteiger partial charge is 0.248 e. The molecule has 0 unspecified atom stereocenters. The third kappa shape index (κ3) is 1.03. The Morgan fingerprint density at radius 3 is 1.90 bits per heavy atom. The minimum absolute atomic E-state index is 0.0833. The Labute approximate surface area is 58.8 Å². The molecule has 1 nitrogen and oxygen atoms in total. The molecule has 0 aromatic rings. The molecule has 1 aliphatic carbocycles. The van der Waals surface area contributed by atoms with Gasteiger partial charge in [0.2, 0.25) is 5.92 Å². The molecular weight excluding hydrogens is 136 g/mol. The van der Waals surface area contributed by atoms with Gasteiger partial charge in [0.15, 0.2) is 0 Å². The van der Waals surface area contributed by atoms with Crippen molar-refractivity contribution in [2.75, 3.05) is 6.54 Å². The number of hydrogen-bond acceptors (Lipinski definition) is 1. The first-order valence-electron chi connectivity index (χ1n) is 3.75. The molecule has 2 aliphatic rings. The summed E-state index contributed by atoms with van der Waals surface area (Å²) >= 11 is 0. The molecule has 0 aromatic heterocycles. The van der Waals surface area contributed by atoms with E-state index >= 15 is 0 Å². The van der Waals surface area contributed by atoms with E-state index in [1.165, 1.54) is 0 Å². The highest BCUT2D eigenvalue weighted by atomic mass is 19.3. The Morgan fingerprint density at radius 2 is 1.50 bits per heavy atom. The van der Waals surface area contributed by atoms with Crippen molar-refractivity contribution in [1.29, 1.82) is 0 Å². The Hall–Kier alpha value is -0.180. The van der Waals surface area contributed by atoms with E-state index in [-0.39, 0.29) is 18.4 Å². The number of rotatable bonds is 0. The molecule has 0 radical (unpaired) electrons. The average molecular weight is 147 g/mol. The summed E-state index contributed by atoms with van der Waals surface area (Å²) in [5.41, 5.74) is 0.154. The zero-order valence-electron chi connectivity index (χ0n) is 5.79. The summed E-state index contributed by atoms with van der Waals surface area (Å²) in [4.78, 5) is 0. The molecule has 1 saturated carbocycles. The first-order valence-corrected chi connectivity index (χ1v) is 3.75. The molecule has 0 bridgehead atoms. The monoisotopic (exact) mass is 147 g/mol. The second kappa shape index (κ2) is 1.70. The lowest BCUT2D eigenvalue weighted by Crippen LogP contribution is -2.31. The first-order chi connectivity index (χ1) is 4.62. The molecule has 1 spiro atoms. The van der Waals surface area contributed by atoms with Gasteiger partial charge in [-0.3, -0.25) is 0 Å². The second-order valence-corrected chi connectivity index (χ2v) is 3.49. The SMILES string of the molecule is FC1(F)CCC2(CC1)CN2. The molecule has 2 rings (SSSR count). The average Bonchev–Trinajstić information content (AvgIpc) is 2.60.